The molecule has 0 aromatic heterocycles. The molecule has 0 spiro atoms. The average molecular weight is 611 g/mol. The van der Waals surface area contributed by atoms with Crippen LogP contribution in [0.3, 0.4) is 0 Å². The smallest absolute Gasteiger partial charge is 0.410 e. The number of aliphatic hydroxyl groups is 1. The van der Waals surface area contributed by atoms with Gasteiger partial charge in [0, 0.05) is 54.7 Å². The fraction of sp³-hybridized carbons (Fsp3) is 0.474. The van der Waals surface area contributed by atoms with Crippen molar-refractivity contribution in [3.05, 3.63) is 83.4 Å². The van der Waals surface area contributed by atoms with Gasteiger partial charge in [0.05, 0.1) is 13.2 Å². The SMILES string of the molecule is CCOC(=O)N(C)C1CCC=C(C#Cc2ccccc2)C1.CCOC(=O)N1CCCC2C1CCCC2(O)C#Cc1ccccc1. The summed E-state index contributed by atoms with van der Waals surface area (Å²) in [4.78, 5) is 27.5. The minimum atomic E-state index is -1.02. The van der Waals surface area contributed by atoms with E-state index in [9.17, 15) is 14.7 Å². The molecule has 4 unspecified atom stereocenters. The molecule has 2 aromatic carbocycles. The molecule has 3 aliphatic rings. The minimum absolute atomic E-state index is 0.000573. The maximum Gasteiger partial charge on any atom is 0.410 e. The molecule has 5 rings (SSSR count). The summed E-state index contributed by atoms with van der Waals surface area (Å²) < 4.78 is 10.3. The van der Waals surface area contributed by atoms with Crippen LogP contribution >= 0.6 is 0 Å². The molecule has 7 heteroatoms. The van der Waals surface area contributed by atoms with Crippen molar-refractivity contribution < 1.29 is 24.2 Å². The number of likely N-dealkylation sites (tertiary alicyclic amines) is 1. The Labute approximate surface area is 268 Å². The van der Waals surface area contributed by atoms with E-state index in [2.05, 4.69) is 29.8 Å². The van der Waals surface area contributed by atoms with Crippen molar-refractivity contribution in [3.63, 3.8) is 0 Å². The molecule has 2 amide bonds. The van der Waals surface area contributed by atoms with Gasteiger partial charge in [-0.3, -0.25) is 0 Å². The van der Waals surface area contributed by atoms with E-state index in [1.165, 1.54) is 0 Å². The van der Waals surface area contributed by atoms with Crippen LogP contribution in [0.25, 0.3) is 0 Å². The molecule has 1 saturated heterocycles. The zero-order chi connectivity index (χ0) is 32.1. The van der Waals surface area contributed by atoms with Gasteiger partial charge in [0.15, 0.2) is 0 Å². The lowest BCUT2D eigenvalue weighted by Crippen LogP contribution is -2.58. The highest BCUT2D eigenvalue weighted by molar-refractivity contribution is 5.68. The molecule has 2 fully saturated rings. The highest BCUT2D eigenvalue weighted by atomic mass is 16.6. The molecule has 0 bridgehead atoms. The van der Waals surface area contributed by atoms with E-state index in [-0.39, 0.29) is 30.2 Å². The molecular weight excluding hydrogens is 564 g/mol. The third-order valence-corrected chi connectivity index (χ3v) is 8.74. The largest absolute Gasteiger partial charge is 0.450 e. The summed E-state index contributed by atoms with van der Waals surface area (Å²) in [6.45, 7) is 5.14. The number of allylic oxidation sites excluding steroid dienone is 1. The second kappa shape index (κ2) is 16.8. The average Bonchev–Trinajstić information content (AvgIpc) is 3.08. The van der Waals surface area contributed by atoms with Crippen molar-refractivity contribution in [1.29, 1.82) is 0 Å². The lowest BCUT2D eigenvalue weighted by molar-refractivity contribution is -0.0639. The Bertz CT molecular complexity index is 1420. The van der Waals surface area contributed by atoms with Crippen molar-refractivity contribution in [2.75, 3.05) is 26.8 Å². The third kappa shape index (κ3) is 9.40. The predicted octanol–water partition coefficient (Wildman–Crippen LogP) is 6.80. The fourth-order valence-corrected chi connectivity index (χ4v) is 6.40. The normalized spacial score (nSPS) is 23.6. The number of rotatable bonds is 3. The number of carbonyl (C=O) groups excluding carboxylic acids is 2. The van der Waals surface area contributed by atoms with Gasteiger partial charge in [-0.15, -0.1) is 0 Å². The van der Waals surface area contributed by atoms with E-state index in [1.54, 1.807) is 11.9 Å². The summed E-state index contributed by atoms with van der Waals surface area (Å²) in [5, 5.41) is 11.2. The van der Waals surface area contributed by atoms with Crippen LogP contribution in [-0.4, -0.2) is 71.6 Å². The Kier molecular flexibility index (Phi) is 12.5. The van der Waals surface area contributed by atoms with Crippen molar-refractivity contribution in [2.45, 2.75) is 82.9 Å². The number of fused-ring (bicyclic) bond motifs is 1. The van der Waals surface area contributed by atoms with Crippen LogP contribution in [0.2, 0.25) is 0 Å². The quantitative estimate of drug-likeness (QED) is 0.387. The van der Waals surface area contributed by atoms with Gasteiger partial charge in [0.2, 0.25) is 0 Å². The molecule has 1 N–H and O–H groups in total. The van der Waals surface area contributed by atoms with Crippen LogP contribution in [0.15, 0.2) is 72.3 Å². The summed E-state index contributed by atoms with van der Waals surface area (Å²) in [7, 11) is 1.80. The highest BCUT2D eigenvalue weighted by Gasteiger charge is 2.48. The molecule has 4 atom stereocenters. The van der Waals surface area contributed by atoms with Gasteiger partial charge in [-0.1, -0.05) is 66.2 Å². The van der Waals surface area contributed by atoms with Crippen molar-refractivity contribution in [2.24, 2.45) is 5.92 Å². The molecule has 1 saturated carbocycles. The zero-order valence-electron chi connectivity index (χ0n) is 26.8. The molecule has 1 aliphatic heterocycles. The minimum Gasteiger partial charge on any atom is -0.450 e. The number of amides is 2. The van der Waals surface area contributed by atoms with Crippen LogP contribution in [0.4, 0.5) is 9.59 Å². The molecule has 2 aromatic rings. The van der Waals surface area contributed by atoms with Gasteiger partial charge < -0.3 is 24.4 Å². The summed E-state index contributed by atoms with van der Waals surface area (Å²) in [5.41, 5.74) is 2.00. The zero-order valence-corrected chi connectivity index (χ0v) is 26.8. The predicted molar refractivity (Wildman–Crippen MR) is 176 cm³/mol. The van der Waals surface area contributed by atoms with Gasteiger partial charge in [0.25, 0.3) is 0 Å². The van der Waals surface area contributed by atoms with Crippen LogP contribution in [0.5, 0.6) is 0 Å². The topological polar surface area (TPSA) is 79.3 Å². The van der Waals surface area contributed by atoms with Crippen LogP contribution in [-0.2, 0) is 9.47 Å². The Morgan fingerprint density at radius 1 is 0.911 bits per heavy atom. The first-order valence-corrected chi connectivity index (χ1v) is 16.2. The number of piperidine rings is 1. The third-order valence-electron chi connectivity index (χ3n) is 8.74. The van der Waals surface area contributed by atoms with E-state index >= 15 is 0 Å². The van der Waals surface area contributed by atoms with E-state index in [0.29, 0.717) is 26.2 Å². The first-order chi connectivity index (χ1) is 21.8. The molecule has 1 heterocycles. The molecule has 238 valence electrons. The van der Waals surface area contributed by atoms with Gasteiger partial charge in [-0.25, -0.2) is 9.59 Å². The highest BCUT2D eigenvalue weighted by Crippen LogP contribution is 2.42. The van der Waals surface area contributed by atoms with Crippen molar-refractivity contribution in [1.82, 2.24) is 9.80 Å². The van der Waals surface area contributed by atoms with Gasteiger partial charge in [0.1, 0.15) is 5.60 Å². The first-order valence-electron chi connectivity index (χ1n) is 16.2. The van der Waals surface area contributed by atoms with Gasteiger partial charge in [-0.2, -0.15) is 0 Å². The van der Waals surface area contributed by atoms with E-state index in [4.69, 9.17) is 9.47 Å². The number of nitrogens with zero attached hydrogens (tertiary/aromatic N) is 2. The van der Waals surface area contributed by atoms with Crippen molar-refractivity contribution >= 4 is 12.2 Å². The van der Waals surface area contributed by atoms with Gasteiger partial charge >= 0.3 is 12.2 Å². The fourth-order valence-electron chi connectivity index (χ4n) is 6.40. The number of hydrogen-bond acceptors (Lipinski definition) is 5. The monoisotopic (exact) mass is 610 g/mol. The molecule has 7 nitrogen and oxygen atoms in total. The Hall–Kier alpha value is -4.20. The summed E-state index contributed by atoms with van der Waals surface area (Å²) in [6, 6.07) is 19.9. The first kappa shape index (κ1) is 33.7. The molecule has 2 aliphatic carbocycles. The van der Waals surface area contributed by atoms with E-state index in [0.717, 1.165) is 61.6 Å². The molecule has 0 radical (unpaired) electrons. The van der Waals surface area contributed by atoms with Crippen LogP contribution in [0, 0.1) is 29.6 Å². The Morgan fingerprint density at radius 3 is 2.24 bits per heavy atom. The summed E-state index contributed by atoms with van der Waals surface area (Å²) in [6.07, 6.45) is 8.63. The second-order valence-corrected chi connectivity index (χ2v) is 11.7. The number of ether oxygens (including phenoxy) is 2. The Balaban J connectivity index is 0.000000207. The summed E-state index contributed by atoms with van der Waals surface area (Å²) >= 11 is 0. The van der Waals surface area contributed by atoms with Gasteiger partial charge in [-0.05, 0) is 83.1 Å². The van der Waals surface area contributed by atoms with Crippen molar-refractivity contribution in [3.8, 4) is 23.7 Å². The lowest BCUT2D eigenvalue weighted by atomic mass is 9.68. The maximum atomic E-state index is 12.2. The lowest BCUT2D eigenvalue weighted by Gasteiger charge is -2.49. The summed E-state index contributed by atoms with van der Waals surface area (Å²) in [5.74, 6) is 12.7. The molecule has 45 heavy (non-hydrogen) atoms. The second-order valence-electron chi connectivity index (χ2n) is 11.7. The Morgan fingerprint density at radius 2 is 1.58 bits per heavy atom. The standard InChI is InChI=1S/C20H25NO3.C18H21NO2/c1-2-24-19(22)21-15-7-10-17-18(21)11-6-13-20(17,23)14-12-16-8-4-3-5-9-16;1-3-21-18(20)19(2)17-11-7-10-16(14-17)13-12-15-8-5-4-6-9-15/h3-5,8-9,17-18,23H,2,6-7,10-11,13,15H2,1H3;4-6,8-10,17H,3,7,11,14H2,1-2H3. The number of carbonyl (C=O) groups is 2. The van der Waals surface area contributed by atoms with Crippen LogP contribution in [0.1, 0.15) is 76.3 Å². The number of hydrogen-bond donors (Lipinski definition) is 1. The molecular formula is C38H46N2O5. The number of benzene rings is 2. The van der Waals surface area contributed by atoms with E-state index in [1.807, 2.05) is 79.4 Å². The van der Waals surface area contributed by atoms with E-state index < -0.39 is 5.60 Å². The van der Waals surface area contributed by atoms with Crippen LogP contribution < -0.4 is 0 Å². The maximum absolute atomic E-state index is 12.2.